The van der Waals surface area contributed by atoms with Crippen molar-refractivity contribution in [2.45, 2.75) is 6.92 Å². The Balaban J connectivity index is 1.62. The molecule has 4 N–H and O–H groups in total. The average molecular weight is 381 g/mol. The second kappa shape index (κ2) is 6.71. The van der Waals surface area contributed by atoms with E-state index in [1.54, 1.807) is 48.1 Å². The summed E-state index contributed by atoms with van der Waals surface area (Å²) in [7, 11) is 0. The van der Waals surface area contributed by atoms with Gasteiger partial charge in [-0.2, -0.15) is 0 Å². The van der Waals surface area contributed by atoms with E-state index in [-0.39, 0.29) is 5.75 Å². The average Bonchev–Trinajstić information content (AvgIpc) is 3.24. The summed E-state index contributed by atoms with van der Waals surface area (Å²) in [6.07, 6.45) is 1.61. The number of hydrogen-bond donors (Lipinski definition) is 4. The second-order valence-corrected chi connectivity index (χ2v) is 6.70. The predicted octanol–water partition coefficient (Wildman–Crippen LogP) is 3.33. The minimum absolute atomic E-state index is 0.154. The highest BCUT2D eigenvalue weighted by molar-refractivity contribution is 7.14. The van der Waals surface area contributed by atoms with Gasteiger partial charge in [-0.25, -0.2) is 15.4 Å². The predicted molar refractivity (Wildman–Crippen MR) is 102 cm³/mol. The van der Waals surface area contributed by atoms with Gasteiger partial charge in [-0.05, 0) is 43.3 Å². The smallest absolute Gasteiger partial charge is 0.274 e. The van der Waals surface area contributed by atoms with Crippen molar-refractivity contribution in [2.75, 3.05) is 5.32 Å². The molecule has 0 unspecified atom stereocenters. The first-order chi connectivity index (χ1) is 13.0. The molecule has 9 heteroatoms. The molecular formula is C18H15N5O3S. The van der Waals surface area contributed by atoms with Crippen LogP contribution in [0.2, 0.25) is 0 Å². The molecule has 0 saturated carbocycles. The molecule has 1 amide bonds. The third-order valence-electron chi connectivity index (χ3n) is 4.02. The Bertz CT molecular complexity index is 1130. The van der Waals surface area contributed by atoms with Gasteiger partial charge in [0.1, 0.15) is 17.1 Å². The molecule has 136 valence electrons. The van der Waals surface area contributed by atoms with Crippen molar-refractivity contribution in [1.29, 1.82) is 0 Å². The standard InChI is InChI=1S/C18H15N5O3S/c1-10-16(23-8-13(24)6-7-15(23)19-10)14-9-27-18(21-14)20-12-4-2-11(3-5-12)17(25)22-26/h2-9,24,26H,1H3,(H,20,21)(H,22,25). The molecule has 0 aliphatic rings. The van der Waals surface area contributed by atoms with E-state index in [4.69, 9.17) is 5.21 Å². The Kier molecular flexibility index (Phi) is 4.22. The van der Waals surface area contributed by atoms with Crippen molar-refractivity contribution in [2.24, 2.45) is 0 Å². The fourth-order valence-corrected chi connectivity index (χ4v) is 3.51. The van der Waals surface area contributed by atoms with Crippen LogP contribution in [-0.2, 0) is 0 Å². The Morgan fingerprint density at radius 3 is 2.67 bits per heavy atom. The van der Waals surface area contributed by atoms with Crippen molar-refractivity contribution < 1.29 is 15.1 Å². The third kappa shape index (κ3) is 3.21. The first-order valence-electron chi connectivity index (χ1n) is 8.00. The molecule has 0 radical (unpaired) electrons. The zero-order valence-electron chi connectivity index (χ0n) is 14.2. The Morgan fingerprint density at radius 2 is 1.93 bits per heavy atom. The fourth-order valence-electron chi connectivity index (χ4n) is 2.79. The second-order valence-electron chi connectivity index (χ2n) is 5.84. The lowest BCUT2D eigenvalue weighted by molar-refractivity contribution is 0.0706. The van der Waals surface area contributed by atoms with Crippen LogP contribution in [0.1, 0.15) is 16.1 Å². The van der Waals surface area contributed by atoms with Crippen LogP contribution in [0.4, 0.5) is 10.8 Å². The quantitative estimate of drug-likeness (QED) is 0.319. The monoisotopic (exact) mass is 381 g/mol. The van der Waals surface area contributed by atoms with Crippen LogP contribution < -0.4 is 10.8 Å². The van der Waals surface area contributed by atoms with E-state index in [0.717, 1.165) is 28.4 Å². The number of hydroxylamine groups is 1. The number of rotatable bonds is 4. The number of thiazole rings is 1. The Labute approximate surface area is 157 Å². The molecule has 0 aliphatic heterocycles. The number of aromatic nitrogens is 3. The molecular weight excluding hydrogens is 366 g/mol. The van der Waals surface area contributed by atoms with Gasteiger partial charge < -0.3 is 10.4 Å². The van der Waals surface area contributed by atoms with Gasteiger partial charge in [0, 0.05) is 16.6 Å². The SMILES string of the molecule is Cc1nc2ccc(O)cn2c1-c1csc(Nc2ccc(C(=O)NO)cc2)n1. The zero-order chi connectivity index (χ0) is 19.0. The number of fused-ring (bicyclic) bond motifs is 1. The summed E-state index contributed by atoms with van der Waals surface area (Å²) in [6.45, 7) is 1.90. The van der Waals surface area contributed by atoms with Gasteiger partial charge in [0.05, 0.1) is 17.6 Å². The number of anilines is 2. The highest BCUT2D eigenvalue weighted by Crippen LogP contribution is 2.30. The lowest BCUT2D eigenvalue weighted by Crippen LogP contribution is -2.18. The van der Waals surface area contributed by atoms with Gasteiger partial charge in [-0.15, -0.1) is 11.3 Å². The van der Waals surface area contributed by atoms with Crippen LogP contribution in [0.25, 0.3) is 17.0 Å². The fraction of sp³-hybridized carbons (Fsp3) is 0.0556. The number of imidazole rings is 1. The van der Waals surface area contributed by atoms with Crippen LogP contribution in [0.15, 0.2) is 48.0 Å². The van der Waals surface area contributed by atoms with Gasteiger partial charge in [0.25, 0.3) is 5.91 Å². The number of carbonyl (C=O) groups excluding carboxylic acids is 1. The Morgan fingerprint density at radius 1 is 1.15 bits per heavy atom. The van der Waals surface area contributed by atoms with E-state index >= 15 is 0 Å². The molecule has 8 nitrogen and oxygen atoms in total. The lowest BCUT2D eigenvalue weighted by Gasteiger charge is -2.04. The number of benzene rings is 1. The number of amides is 1. The van der Waals surface area contributed by atoms with Gasteiger partial charge in [-0.1, -0.05) is 0 Å². The normalized spacial score (nSPS) is 10.9. The summed E-state index contributed by atoms with van der Waals surface area (Å²) < 4.78 is 1.81. The van der Waals surface area contributed by atoms with Crippen molar-refractivity contribution >= 4 is 33.7 Å². The summed E-state index contributed by atoms with van der Waals surface area (Å²) in [4.78, 5) is 20.5. The molecule has 0 spiro atoms. The van der Waals surface area contributed by atoms with E-state index in [0.29, 0.717) is 10.7 Å². The molecule has 3 aromatic heterocycles. The maximum atomic E-state index is 11.4. The maximum absolute atomic E-state index is 11.4. The van der Waals surface area contributed by atoms with Crippen LogP contribution in [0.5, 0.6) is 5.75 Å². The minimum Gasteiger partial charge on any atom is -0.506 e. The largest absolute Gasteiger partial charge is 0.506 e. The summed E-state index contributed by atoms with van der Waals surface area (Å²) >= 11 is 1.43. The van der Waals surface area contributed by atoms with Crippen molar-refractivity contribution in [3.63, 3.8) is 0 Å². The highest BCUT2D eigenvalue weighted by atomic mass is 32.1. The molecule has 0 fully saturated rings. The first kappa shape index (κ1) is 17.0. The number of aromatic hydroxyl groups is 1. The van der Waals surface area contributed by atoms with Crippen LogP contribution in [0, 0.1) is 6.92 Å². The molecule has 0 aliphatic carbocycles. The molecule has 27 heavy (non-hydrogen) atoms. The molecule has 4 aromatic rings. The zero-order valence-corrected chi connectivity index (χ0v) is 15.0. The molecule has 1 aromatic carbocycles. The van der Waals surface area contributed by atoms with Crippen LogP contribution in [-0.4, -0.2) is 30.6 Å². The number of aryl methyl sites for hydroxylation is 1. The molecule has 4 rings (SSSR count). The van der Waals surface area contributed by atoms with E-state index in [1.165, 1.54) is 11.3 Å². The first-order valence-corrected chi connectivity index (χ1v) is 8.88. The number of carbonyl (C=O) groups is 1. The maximum Gasteiger partial charge on any atom is 0.274 e. The van der Waals surface area contributed by atoms with E-state index in [9.17, 15) is 9.90 Å². The van der Waals surface area contributed by atoms with Gasteiger partial charge in [0.2, 0.25) is 0 Å². The van der Waals surface area contributed by atoms with E-state index in [1.807, 2.05) is 16.7 Å². The molecule has 3 heterocycles. The highest BCUT2D eigenvalue weighted by Gasteiger charge is 2.15. The summed E-state index contributed by atoms with van der Waals surface area (Å²) in [6, 6.07) is 9.99. The third-order valence-corrected chi connectivity index (χ3v) is 4.78. The van der Waals surface area contributed by atoms with Crippen molar-refractivity contribution in [3.05, 3.63) is 59.2 Å². The van der Waals surface area contributed by atoms with Gasteiger partial charge in [-0.3, -0.25) is 14.4 Å². The topological polar surface area (TPSA) is 112 Å². The molecule has 0 saturated heterocycles. The Hall–Kier alpha value is -3.43. The van der Waals surface area contributed by atoms with E-state index < -0.39 is 5.91 Å². The number of pyridine rings is 1. The van der Waals surface area contributed by atoms with Crippen LogP contribution in [0.3, 0.4) is 0 Å². The van der Waals surface area contributed by atoms with Crippen molar-refractivity contribution in [1.82, 2.24) is 19.8 Å². The number of nitrogens with zero attached hydrogens (tertiary/aromatic N) is 3. The van der Waals surface area contributed by atoms with Gasteiger partial charge >= 0.3 is 0 Å². The van der Waals surface area contributed by atoms with E-state index in [2.05, 4.69) is 15.3 Å². The van der Waals surface area contributed by atoms with Crippen molar-refractivity contribution in [3.8, 4) is 17.1 Å². The van der Waals surface area contributed by atoms with Crippen LogP contribution >= 0.6 is 11.3 Å². The summed E-state index contributed by atoms with van der Waals surface area (Å²) in [5, 5.41) is 24.2. The lowest BCUT2D eigenvalue weighted by atomic mass is 10.2. The molecule has 0 atom stereocenters. The van der Waals surface area contributed by atoms with Gasteiger partial charge in [0.15, 0.2) is 5.13 Å². The number of nitrogens with one attached hydrogen (secondary N) is 2. The summed E-state index contributed by atoms with van der Waals surface area (Å²) in [5.41, 5.74) is 5.83. The minimum atomic E-state index is -0.565. The summed E-state index contributed by atoms with van der Waals surface area (Å²) in [5.74, 6) is -0.411. The number of hydrogen-bond acceptors (Lipinski definition) is 7. The molecule has 0 bridgehead atoms.